The molecule has 2 rings (SSSR count). The molecular formula is C15H24N2O2. The molecule has 4 heteroatoms. The summed E-state index contributed by atoms with van der Waals surface area (Å²) < 4.78 is 10.9. The van der Waals surface area contributed by atoms with Crippen LogP contribution in [0.3, 0.4) is 0 Å². The molecule has 1 aromatic rings. The summed E-state index contributed by atoms with van der Waals surface area (Å²) in [5.74, 6) is 0.889. The second-order valence-corrected chi connectivity index (χ2v) is 4.92. The topological polar surface area (TPSA) is 47.7 Å². The average molecular weight is 264 g/mol. The summed E-state index contributed by atoms with van der Waals surface area (Å²) in [4.78, 5) is 2.36. The molecule has 1 aromatic carbocycles. The van der Waals surface area contributed by atoms with Crippen LogP contribution in [-0.2, 0) is 4.74 Å². The smallest absolute Gasteiger partial charge is 0.119 e. The highest BCUT2D eigenvalue weighted by atomic mass is 16.5. The van der Waals surface area contributed by atoms with Crippen molar-refractivity contribution >= 4 is 5.69 Å². The van der Waals surface area contributed by atoms with E-state index in [-0.39, 0.29) is 0 Å². The number of hydrogen-bond donors (Lipinski definition) is 1. The highest BCUT2D eigenvalue weighted by molar-refractivity contribution is 5.49. The minimum atomic E-state index is 0.361. The molecule has 106 valence electrons. The standard InChI is InChI=1S/C15H24N2O2/c1-18-14-7-5-13(6-8-14)17(10-3-9-16)12-15-4-2-11-19-15/h5-8,15H,2-4,9-12,16H2,1H3. The molecule has 0 radical (unpaired) electrons. The second kappa shape index (κ2) is 7.36. The van der Waals surface area contributed by atoms with Crippen LogP contribution in [0, 0.1) is 0 Å². The van der Waals surface area contributed by atoms with E-state index in [0.717, 1.165) is 44.8 Å². The second-order valence-electron chi connectivity index (χ2n) is 4.92. The lowest BCUT2D eigenvalue weighted by Gasteiger charge is -2.27. The van der Waals surface area contributed by atoms with Gasteiger partial charge in [-0.15, -0.1) is 0 Å². The third kappa shape index (κ3) is 4.11. The zero-order chi connectivity index (χ0) is 13.5. The van der Waals surface area contributed by atoms with Crippen molar-refractivity contribution in [2.75, 3.05) is 38.3 Å². The van der Waals surface area contributed by atoms with Crippen molar-refractivity contribution < 1.29 is 9.47 Å². The van der Waals surface area contributed by atoms with E-state index < -0.39 is 0 Å². The van der Waals surface area contributed by atoms with E-state index in [4.69, 9.17) is 15.2 Å². The van der Waals surface area contributed by atoms with Crippen molar-refractivity contribution in [3.63, 3.8) is 0 Å². The highest BCUT2D eigenvalue weighted by Crippen LogP contribution is 2.22. The summed E-state index contributed by atoms with van der Waals surface area (Å²) in [6.45, 7) is 3.55. The van der Waals surface area contributed by atoms with E-state index in [2.05, 4.69) is 17.0 Å². The number of nitrogens with two attached hydrogens (primary N) is 1. The maximum Gasteiger partial charge on any atom is 0.119 e. The third-order valence-corrected chi connectivity index (χ3v) is 3.52. The van der Waals surface area contributed by atoms with Gasteiger partial charge in [0.25, 0.3) is 0 Å². The number of hydrogen-bond acceptors (Lipinski definition) is 4. The summed E-state index contributed by atoms with van der Waals surface area (Å²) in [7, 11) is 1.69. The first kappa shape index (κ1) is 14.2. The zero-order valence-corrected chi connectivity index (χ0v) is 11.7. The molecule has 1 atom stereocenters. The van der Waals surface area contributed by atoms with Crippen LogP contribution in [0.5, 0.6) is 5.75 Å². The van der Waals surface area contributed by atoms with E-state index in [1.165, 1.54) is 12.1 Å². The van der Waals surface area contributed by atoms with Crippen molar-refractivity contribution in [1.82, 2.24) is 0 Å². The summed E-state index contributed by atoms with van der Waals surface area (Å²) in [6.07, 6.45) is 3.70. The Hall–Kier alpha value is -1.26. The van der Waals surface area contributed by atoms with Crippen LogP contribution in [0.15, 0.2) is 24.3 Å². The van der Waals surface area contributed by atoms with Gasteiger partial charge in [0, 0.05) is 25.4 Å². The number of benzene rings is 1. The van der Waals surface area contributed by atoms with Crippen LogP contribution in [0.2, 0.25) is 0 Å². The number of rotatable bonds is 7. The number of anilines is 1. The van der Waals surface area contributed by atoms with Gasteiger partial charge in [-0.25, -0.2) is 0 Å². The van der Waals surface area contributed by atoms with E-state index >= 15 is 0 Å². The molecule has 0 aromatic heterocycles. The molecule has 2 N–H and O–H groups in total. The van der Waals surface area contributed by atoms with Gasteiger partial charge in [-0.3, -0.25) is 0 Å². The molecule has 1 fully saturated rings. The molecule has 19 heavy (non-hydrogen) atoms. The molecule has 1 saturated heterocycles. The zero-order valence-electron chi connectivity index (χ0n) is 11.7. The maximum absolute atomic E-state index is 5.73. The minimum Gasteiger partial charge on any atom is -0.497 e. The molecule has 1 aliphatic rings. The quantitative estimate of drug-likeness (QED) is 0.818. The van der Waals surface area contributed by atoms with Gasteiger partial charge in [0.05, 0.1) is 13.2 Å². The Bertz CT molecular complexity index is 361. The number of nitrogens with zero attached hydrogens (tertiary/aromatic N) is 1. The Morgan fingerprint density at radius 2 is 2.16 bits per heavy atom. The van der Waals surface area contributed by atoms with Crippen molar-refractivity contribution in [2.45, 2.75) is 25.4 Å². The maximum atomic E-state index is 5.73. The van der Waals surface area contributed by atoms with Crippen molar-refractivity contribution in [3.05, 3.63) is 24.3 Å². The first-order valence-corrected chi connectivity index (χ1v) is 7.04. The molecule has 1 heterocycles. The summed E-state index contributed by atoms with van der Waals surface area (Å²) in [5.41, 5.74) is 6.84. The Balaban J connectivity index is 2.01. The normalized spacial score (nSPS) is 18.5. The summed E-state index contributed by atoms with van der Waals surface area (Å²) in [5, 5.41) is 0. The fourth-order valence-electron chi connectivity index (χ4n) is 2.44. The summed E-state index contributed by atoms with van der Waals surface area (Å²) in [6, 6.07) is 8.20. The molecule has 0 aliphatic carbocycles. The Morgan fingerprint density at radius 3 is 2.74 bits per heavy atom. The molecule has 1 aliphatic heterocycles. The monoisotopic (exact) mass is 264 g/mol. The fraction of sp³-hybridized carbons (Fsp3) is 0.600. The SMILES string of the molecule is COc1ccc(N(CCCN)CC2CCCO2)cc1. The number of ether oxygens (including phenoxy) is 2. The Kier molecular flexibility index (Phi) is 5.48. The van der Waals surface area contributed by atoms with Gasteiger partial charge in [0.2, 0.25) is 0 Å². The largest absolute Gasteiger partial charge is 0.497 e. The minimum absolute atomic E-state index is 0.361. The molecule has 1 unspecified atom stereocenters. The average Bonchev–Trinajstić information content (AvgIpc) is 2.96. The fourth-order valence-corrected chi connectivity index (χ4v) is 2.44. The van der Waals surface area contributed by atoms with Crippen LogP contribution in [0.1, 0.15) is 19.3 Å². The van der Waals surface area contributed by atoms with Gasteiger partial charge < -0.3 is 20.1 Å². The predicted molar refractivity (Wildman–Crippen MR) is 77.9 cm³/mol. The Labute approximate surface area is 115 Å². The third-order valence-electron chi connectivity index (χ3n) is 3.52. The van der Waals surface area contributed by atoms with Gasteiger partial charge >= 0.3 is 0 Å². The predicted octanol–water partition coefficient (Wildman–Crippen LogP) is 2.03. The lowest BCUT2D eigenvalue weighted by molar-refractivity contribution is 0.115. The van der Waals surface area contributed by atoms with Crippen LogP contribution in [0.25, 0.3) is 0 Å². The van der Waals surface area contributed by atoms with E-state index in [9.17, 15) is 0 Å². The van der Waals surface area contributed by atoms with E-state index in [0.29, 0.717) is 6.10 Å². The highest BCUT2D eigenvalue weighted by Gasteiger charge is 2.19. The van der Waals surface area contributed by atoms with Crippen LogP contribution in [-0.4, -0.2) is 39.5 Å². The van der Waals surface area contributed by atoms with Crippen LogP contribution in [0.4, 0.5) is 5.69 Å². The van der Waals surface area contributed by atoms with Gasteiger partial charge in [0.1, 0.15) is 5.75 Å². The Morgan fingerprint density at radius 1 is 1.37 bits per heavy atom. The lowest BCUT2D eigenvalue weighted by atomic mass is 10.2. The van der Waals surface area contributed by atoms with Crippen molar-refractivity contribution in [2.24, 2.45) is 5.73 Å². The van der Waals surface area contributed by atoms with Crippen LogP contribution >= 0.6 is 0 Å². The summed E-state index contributed by atoms with van der Waals surface area (Å²) >= 11 is 0. The first-order valence-electron chi connectivity index (χ1n) is 7.04. The number of methoxy groups -OCH3 is 1. The molecule has 0 amide bonds. The van der Waals surface area contributed by atoms with E-state index in [1.807, 2.05) is 12.1 Å². The van der Waals surface area contributed by atoms with Crippen molar-refractivity contribution in [1.29, 1.82) is 0 Å². The van der Waals surface area contributed by atoms with Gasteiger partial charge in [-0.1, -0.05) is 0 Å². The molecule has 0 bridgehead atoms. The van der Waals surface area contributed by atoms with Gasteiger partial charge in [-0.05, 0) is 50.1 Å². The molecule has 0 spiro atoms. The van der Waals surface area contributed by atoms with E-state index in [1.54, 1.807) is 7.11 Å². The van der Waals surface area contributed by atoms with Crippen molar-refractivity contribution in [3.8, 4) is 5.75 Å². The molecule has 4 nitrogen and oxygen atoms in total. The van der Waals surface area contributed by atoms with Gasteiger partial charge in [-0.2, -0.15) is 0 Å². The van der Waals surface area contributed by atoms with Gasteiger partial charge in [0.15, 0.2) is 0 Å². The lowest BCUT2D eigenvalue weighted by Crippen LogP contribution is -2.33. The molecule has 0 saturated carbocycles. The van der Waals surface area contributed by atoms with Crippen LogP contribution < -0.4 is 15.4 Å². The first-order chi connectivity index (χ1) is 9.33. The molecular weight excluding hydrogens is 240 g/mol.